The molecule has 4 saturated carbocycles. The number of aliphatic hydroxyl groups is 20. The number of amides is 1. The molecule has 8 aliphatic heterocycles. The zero-order valence-electron chi connectivity index (χ0n) is 73.3. The van der Waals surface area contributed by atoms with Crippen LogP contribution in [0.15, 0.2) is 11.6 Å². The van der Waals surface area contributed by atoms with Crippen LogP contribution in [0.4, 0.5) is 0 Å². The molecule has 0 spiro atoms. The van der Waals surface area contributed by atoms with Gasteiger partial charge in [-0.2, -0.15) is 0 Å². The minimum atomic E-state index is -2.19. The quantitative estimate of drug-likeness (QED) is 0.0104. The Morgan fingerprint density at radius 1 is 0.492 bits per heavy atom. The van der Waals surface area contributed by atoms with Crippen molar-refractivity contribution >= 4 is 18.2 Å². The fourth-order valence-corrected chi connectivity index (χ4v) is 23.3. The summed E-state index contributed by atoms with van der Waals surface area (Å²) in [6, 6.07) is -1.56. The van der Waals surface area contributed by atoms with E-state index in [4.69, 9.17) is 75.8 Å². The van der Waals surface area contributed by atoms with E-state index >= 15 is 4.79 Å². The van der Waals surface area contributed by atoms with Gasteiger partial charge in [0.25, 0.3) is 0 Å². The Bertz CT molecular complexity index is 3610. The van der Waals surface area contributed by atoms with Crippen LogP contribution in [0.1, 0.15) is 184 Å². The second kappa shape index (κ2) is 40.5. The molecule has 0 aromatic carbocycles. The maximum atomic E-state index is 16.7. The van der Waals surface area contributed by atoms with Crippen LogP contribution in [0.3, 0.4) is 0 Å². The molecule has 13 rings (SSSR count). The fourth-order valence-electron chi connectivity index (χ4n) is 23.3. The smallest absolute Gasteiger partial charge is 0.317 e. The van der Waals surface area contributed by atoms with Gasteiger partial charge >= 0.3 is 5.97 Å². The largest absolute Gasteiger partial charge is 0.432 e. The summed E-state index contributed by atoms with van der Waals surface area (Å²) in [6.07, 6.45) is -47.1. The van der Waals surface area contributed by atoms with Gasteiger partial charge in [0.05, 0.1) is 82.1 Å². The van der Waals surface area contributed by atoms with Crippen molar-refractivity contribution in [2.45, 2.75) is 411 Å². The first-order valence-electron chi connectivity index (χ1n) is 45.3. The van der Waals surface area contributed by atoms with E-state index in [9.17, 15) is 112 Å². The highest BCUT2D eigenvalue weighted by atomic mass is 16.8. The van der Waals surface area contributed by atoms with E-state index in [1.165, 1.54) is 13.8 Å². The second-order valence-corrected chi connectivity index (χ2v) is 39.8. The molecule has 40 heteroatoms. The first-order chi connectivity index (χ1) is 59.5. The Labute approximate surface area is 732 Å². The third kappa shape index (κ3) is 19.1. The van der Waals surface area contributed by atoms with Crippen molar-refractivity contribution in [1.29, 1.82) is 0 Å². The number of carbonyl (C=O) groups excluding carboxylic acids is 3. The molecule has 21 N–H and O–H groups in total. The van der Waals surface area contributed by atoms with Crippen molar-refractivity contribution in [2.24, 2.45) is 50.2 Å². The summed E-state index contributed by atoms with van der Waals surface area (Å²) in [5.74, 6) is -3.01. The van der Waals surface area contributed by atoms with Gasteiger partial charge in [0.2, 0.25) is 12.2 Å². The van der Waals surface area contributed by atoms with E-state index in [0.29, 0.717) is 51.4 Å². The summed E-state index contributed by atoms with van der Waals surface area (Å²) in [4.78, 5) is 45.6. The Morgan fingerprint density at radius 2 is 1.03 bits per heavy atom. The first-order valence-corrected chi connectivity index (χ1v) is 45.3. The summed E-state index contributed by atoms with van der Waals surface area (Å²) in [6.45, 7) is 12.4. The number of nitrogens with one attached hydrogen (secondary N) is 1. The monoisotopic (exact) mass is 1810 g/mol. The lowest BCUT2D eigenvalue weighted by atomic mass is 9.33. The number of hydrogen-bond acceptors (Lipinski definition) is 39. The van der Waals surface area contributed by atoms with Gasteiger partial charge in [0.1, 0.15) is 152 Å². The lowest BCUT2D eigenvalue weighted by molar-refractivity contribution is -0.386. The molecule has 8 heterocycles. The molecule has 5 aliphatic carbocycles. The Morgan fingerprint density at radius 3 is 1.67 bits per heavy atom. The summed E-state index contributed by atoms with van der Waals surface area (Å²) >= 11 is 0. The molecule has 12 fully saturated rings. The Balaban J connectivity index is 0.795. The van der Waals surface area contributed by atoms with Crippen molar-refractivity contribution in [3.8, 4) is 0 Å². The topological polar surface area (TPSA) is 616 Å². The molecule has 724 valence electrons. The molecule has 45 atom stereocenters. The maximum Gasteiger partial charge on any atom is 0.317 e. The zero-order valence-corrected chi connectivity index (χ0v) is 73.3. The Kier molecular flexibility index (Phi) is 32.3. The standard InChI is InChI=1S/C86H141NO39/c1-10-11-12-13-14-15-16-17-18-19-51(96)87-52-45(30-88)117-77(69(67(52)123-73-60(104)56(100)53(97)38(2)115-73)125-74-62(106)58(102)64(39(3)116-74)120-72-63(107)65(43(93)33-112-72)121-78-70(108)85(110,36-91)37-114-78)126-79(109)86-27-26-80(4,5)28-41(86)40-20-21-48-81(6)24-23-50(82(7,35-90)47(81)22-25-83(48,8)84(40,9)29-49(86)95)119-76-68(124-75-61(105)57(101)55(99)46(31-89)118-75)66(44(94)34-113-76)122-71-59(103)54(98)42(92)32-111-71/h20,35,38-39,41-50,52-78,88-89,91-95,97-108,110H,10-19,21-34,36-37H2,1-9H3,(H,87,96)/t38?,39?,41?,42-,43-,44-,45?,46?,47-,48?,49?,50+,52+,53+,54+,55+,56+,57+,58?,59?,60?,61?,62+,63-,64+,65?,66+,67?,68?,69-,70-,71+,72+,73+,74+,75+,76+,77+,78+,81?,82-,83+,84-,85?,86-/m1/s1. The van der Waals surface area contributed by atoms with Gasteiger partial charge in [0.15, 0.2) is 50.1 Å². The van der Waals surface area contributed by atoms with Crippen molar-refractivity contribution in [2.75, 3.05) is 46.2 Å². The van der Waals surface area contributed by atoms with E-state index < -0.39 is 329 Å². The molecule has 16 unspecified atom stereocenters. The van der Waals surface area contributed by atoms with Crippen LogP contribution >= 0.6 is 0 Å². The van der Waals surface area contributed by atoms with Gasteiger partial charge in [-0.3, -0.25) is 9.59 Å². The molecular weight excluding hydrogens is 1670 g/mol. The second-order valence-electron chi connectivity index (χ2n) is 39.8. The molecule has 0 radical (unpaired) electrons. The van der Waals surface area contributed by atoms with Crippen molar-refractivity contribution in [3.63, 3.8) is 0 Å². The molecule has 1 amide bonds. The van der Waals surface area contributed by atoms with E-state index in [1.807, 2.05) is 0 Å². The van der Waals surface area contributed by atoms with Crippen LogP contribution in [-0.2, 0) is 90.2 Å². The average Bonchev–Trinajstić information content (AvgIpc) is 0.896. The SMILES string of the molecule is CCCCCCCCCCCC(=O)N[C@H]1C(CO)O[C@@H](OC(=O)[C@]23CCC(C)(C)CC2C2=CCC4C5(C)CC[C@H](O[C@@H]6OC[C@@H](O)[C@H](O[C@@H]7OC[C@@H](O)[C@H](O)C7O)C6O[C@@H]6OC(CO)[C@H](O)[C@H](O)C6O)[C@](C)(C=O)[C@@H]5CC[C@]4(C)[C@]2(C)CC3O)[C@H](O[C@@H]2OC(C)[C@H](O[C@@H]3OC[C@@H](O)C(O[C@@H]4OCC(O)(CO)[C@@H]4O)[C@H]3O)C(O)[C@@H]2O)C1O[C@@H]1OC(C)[C@H](O)[C@H](O)C1O. The van der Waals surface area contributed by atoms with Gasteiger partial charge in [-0.25, -0.2) is 0 Å². The molecule has 13 aliphatic rings. The molecule has 0 aromatic heterocycles. The summed E-state index contributed by atoms with van der Waals surface area (Å²) in [5, 5.41) is 228. The molecule has 126 heavy (non-hydrogen) atoms. The highest BCUT2D eigenvalue weighted by Gasteiger charge is 2.74. The predicted molar refractivity (Wildman–Crippen MR) is 426 cm³/mol. The van der Waals surface area contributed by atoms with Crippen LogP contribution in [-0.4, -0.2) is 393 Å². The van der Waals surface area contributed by atoms with Gasteiger partial charge in [-0.1, -0.05) is 111 Å². The number of esters is 1. The number of aldehydes is 1. The molecular formula is C86H141NO39. The molecule has 0 aromatic rings. The normalized spacial score (nSPS) is 50.9. The lowest BCUT2D eigenvalue weighted by Gasteiger charge is -2.71. The van der Waals surface area contributed by atoms with Crippen LogP contribution in [0.25, 0.3) is 0 Å². The third-order valence-electron chi connectivity index (χ3n) is 31.2. The highest BCUT2D eigenvalue weighted by Crippen LogP contribution is 2.76. The first kappa shape index (κ1) is 100. The van der Waals surface area contributed by atoms with E-state index in [2.05, 4.69) is 52.9 Å². The number of aliphatic hydroxyl groups excluding tert-OH is 19. The number of rotatable bonds is 31. The van der Waals surface area contributed by atoms with Gasteiger partial charge in [0, 0.05) is 6.42 Å². The van der Waals surface area contributed by atoms with Crippen LogP contribution in [0.2, 0.25) is 0 Å². The van der Waals surface area contributed by atoms with Crippen molar-refractivity contribution in [1.82, 2.24) is 5.32 Å². The van der Waals surface area contributed by atoms with Crippen molar-refractivity contribution in [3.05, 3.63) is 11.6 Å². The maximum absolute atomic E-state index is 16.7. The minimum absolute atomic E-state index is 0.0141. The average molecular weight is 1810 g/mol. The van der Waals surface area contributed by atoms with Crippen LogP contribution < -0.4 is 5.32 Å². The number of fused-ring (bicyclic) bond motifs is 7. The molecule has 40 nitrogen and oxygen atoms in total. The number of allylic oxidation sites excluding steroid dienone is 2. The van der Waals surface area contributed by atoms with E-state index in [1.54, 1.807) is 6.92 Å². The Hall–Kier alpha value is -3.05. The van der Waals surface area contributed by atoms with Gasteiger partial charge in [-0.05, 0) is 117 Å². The third-order valence-corrected chi connectivity index (χ3v) is 31.2. The highest BCUT2D eigenvalue weighted by molar-refractivity contribution is 5.80. The van der Waals surface area contributed by atoms with E-state index in [-0.39, 0.29) is 31.6 Å². The summed E-state index contributed by atoms with van der Waals surface area (Å²) < 4.78 is 99.3. The van der Waals surface area contributed by atoms with Crippen molar-refractivity contribution < 1.29 is 192 Å². The molecule has 0 bridgehead atoms. The number of unbranched alkanes of at least 4 members (excludes halogenated alkanes) is 8. The lowest BCUT2D eigenvalue weighted by Crippen LogP contribution is -2.71. The fraction of sp³-hybridized carbons (Fsp3) is 0.942. The number of ether oxygens (including phenoxy) is 16. The summed E-state index contributed by atoms with van der Waals surface area (Å²) in [7, 11) is 0. The minimum Gasteiger partial charge on any atom is -0.432 e. The predicted octanol–water partition coefficient (Wildman–Crippen LogP) is -3.93. The van der Waals surface area contributed by atoms with Gasteiger partial charge < -0.3 is 188 Å². The van der Waals surface area contributed by atoms with Crippen LogP contribution in [0.5, 0.6) is 0 Å². The number of hydrogen-bond donors (Lipinski definition) is 21. The number of carbonyl (C=O) groups is 3. The van der Waals surface area contributed by atoms with Gasteiger partial charge in [-0.15, -0.1) is 0 Å². The van der Waals surface area contributed by atoms with Crippen LogP contribution in [0, 0.1) is 50.2 Å². The zero-order chi connectivity index (χ0) is 91.6. The summed E-state index contributed by atoms with van der Waals surface area (Å²) in [5.41, 5.74) is -7.19. The van der Waals surface area contributed by atoms with E-state index in [0.717, 1.165) is 56.8 Å². The molecule has 8 saturated heterocycles.